The van der Waals surface area contributed by atoms with Gasteiger partial charge in [0.05, 0.1) is 17.8 Å². The molecule has 192 valence electrons. The maximum absolute atomic E-state index is 13.4. The van der Waals surface area contributed by atoms with Crippen LogP contribution in [0.1, 0.15) is 77.1 Å². The van der Waals surface area contributed by atoms with E-state index in [1.807, 2.05) is 27.7 Å². The number of nitrogens with one attached hydrogen (secondary N) is 2. The Kier molecular flexibility index (Phi) is 6.59. The smallest absolute Gasteiger partial charge is 0.405 e. The molecule has 0 radical (unpaired) electrons. The van der Waals surface area contributed by atoms with Crippen molar-refractivity contribution in [2.45, 2.75) is 90.0 Å². The van der Waals surface area contributed by atoms with Gasteiger partial charge in [0.2, 0.25) is 11.8 Å². The topological polar surface area (TPSA) is 138 Å². The summed E-state index contributed by atoms with van der Waals surface area (Å²) in [5.41, 5.74) is 4.64. The zero-order valence-electron chi connectivity index (χ0n) is 21.2. The monoisotopic (exact) mass is 487 g/mol. The van der Waals surface area contributed by atoms with Crippen molar-refractivity contribution in [2.75, 3.05) is 0 Å². The van der Waals surface area contributed by atoms with Gasteiger partial charge in [-0.1, -0.05) is 0 Å². The molecule has 1 heterocycles. The van der Waals surface area contributed by atoms with E-state index in [0.29, 0.717) is 17.4 Å². The summed E-state index contributed by atoms with van der Waals surface area (Å²) in [6.07, 6.45) is 8.46. The van der Waals surface area contributed by atoms with Crippen molar-refractivity contribution in [2.24, 2.45) is 23.5 Å². The van der Waals surface area contributed by atoms with Crippen LogP contribution in [-0.4, -0.2) is 51.0 Å². The van der Waals surface area contributed by atoms with Gasteiger partial charge in [0.25, 0.3) is 5.91 Å². The van der Waals surface area contributed by atoms with Gasteiger partial charge >= 0.3 is 6.09 Å². The summed E-state index contributed by atoms with van der Waals surface area (Å²) in [5, 5.41) is 10.5. The van der Waals surface area contributed by atoms with E-state index >= 15 is 0 Å². The number of primary amides is 1. The molecule has 4 aliphatic rings. The van der Waals surface area contributed by atoms with Crippen LogP contribution in [0.4, 0.5) is 4.79 Å². The van der Waals surface area contributed by atoms with E-state index in [-0.39, 0.29) is 35.8 Å². The number of nitrogens with two attached hydrogens (primary N) is 1. The van der Waals surface area contributed by atoms with Crippen LogP contribution >= 0.6 is 0 Å². The van der Waals surface area contributed by atoms with Crippen molar-refractivity contribution < 1.29 is 23.9 Å². The average molecular weight is 488 g/mol. The second-order valence-corrected chi connectivity index (χ2v) is 11.3. The summed E-state index contributed by atoms with van der Waals surface area (Å²) in [4.78, 5) is 36.4. The third kappa shape index (κ3) is 5.46. The Balaban J connectivity index is 1.52. The van der Waals surface area contributed by atoms with Crippen molar-refractivity contribution in [3.8, 4) is 5.88 Å². The van der Waals surface area contributed by atoms with Crippen LogP contribution < -0.4 is 21.1 Å². The van der Waals surface area contributed by atoms with Crippen LogP contribution in [0.25, 0.3) is 6.20 Å². The van der Waals surface area contributed by atoms with E-state index in [0.717, 1.165) is 32.1 Å². The number of nitrogens with zero attached hydrogens (tertiary/aromatic N) is 2. The molecule has 4 N–H and O–H groups in total. The Labute approximate surface area is 206 Å². The predicted octanol–water partition coefficient (Wildman–Crippen LogP) is 2.83. The maximum Gasteiger partial charge on any atom is 0.405 e. The van der Waals surface area contributed by atoms with Crippen molar-refractivity contribution >= 4 is 24.1 Å². The Morgan fingerprint density at radius 2 is 1.89 bits per heavy atom. The lowest BCUT2D eigenvalue weighted by molar-refractivity contribution is -0.137. The van der Waals surface area contributed by atoms with Crippen molar-refractivity contribution in [1.29, 1.82) is 0 Å². The molecular formula is C25H37N5O5. The standard InChI is InChI=1S/C25H37N5O5/c1-14(2)34-22-19(13-27-30(22)7-6-24(4,5)29-15(3)31)21(32)28-20-17-8-16-9-18(20)12-25(10-16,11-17)35-23(26)33/h6-7,13-14,16-18,20H,8-12H2,1-5H3,(H2,26,33)(H,28,32)(H,29,31)/b7-6+/t16?,17?,18?,20-,25+. The van der Waals surface area contributed by atoms with Crippen LogP contribution in [0.2, 0.25) is 0 Å². The molecule has 0 aliphatic heterocycles. The normalized spacial score (nSPS) is 29.4. The Morgan fingerprint density at radius 3 is 2.46 bits per heavy atom. The molecule has 4 saturated carbocycles. The molecule has 0 aromatic carbocycles. The molecule has 2 unspecified atom stereocenters. The van der Waals surface area contributed by atoms with Gasteiger partial charge in [-0.05, 0) is 83.6 Å². The number of hydrogen-bond acceptors (Lipinski definition) is 6. The number of aromatic nitrogens is 2. The van der Waals surface area contributed by atoms with Gasteiger partial charge < -0.3 is 25.8 Å². The minimum Gasteiger partial charge on any atom is -0.474 e. The van der Waals surface area contributed by atoms with E-state index < -0.39 is 17.2 Å². The zero-order valence-corrected chi connectivity index (χ0v) is 21.2. The van der Waals surface area contributed by atoms with E-state index in [9.17, 15) is 14.4 Å². The molecule has 4 aliphatic carbocycles. The Hall–Kier alpha value is -3.04. The quantitative estimate of drug-likeness (QED) is 0.516. The molecule has 1 aromatic rings. The first-order valence-corrected chi connectivity index (χ1v) is 12.4. The summed E-state index contributed by atoms with van der Waals surface area (Å²) in [5.74, 6) is 0.963. The lowest BCUT2D eigenvalue weighted by atomic mass is 9.52. The van der Waals surface area contributed by atoms with Gasteiger partial charge in [-0.15, -0.1) is 0 Å². The zero-order chi connectivity index (χ0) is 25.5. The second-order valence-electron chi connectivity index (χ2n) is 11.3. The second kappa shape index (κ2) is 9.20. The van der Waals surface area contributed by atoms with Crippen LogP contribution in [0.3, 0.4) is 0 Å². The lowest BCUT2D eigenvalue weighted by Gasteiger charge is -2.58. The number of carbonyl (C=O) groups is 3. The van der Waals surface area contributed by atoms with Crippen LogP contribution in [0, 0.1) is 17.8 Å². The van der Waals surface area contributed by atoms with Crippen molar-refractivity contribution in [3.05, 3.63) is 17.8 Å². The molecule has 4 fully saturated rings. The highest BCUT2D eigenvalue weighted by atomic mass is 16.6. The first kappa shape index (κ1) is 25.1. The first-order valence-electron chi connectivity index (χ1n) is 12.4. The van der Waals surface area contributed by atoms with Gasteiger partial charge in [-0.2, -0.15) is 5.10 Å². The summed E-state index contributed by atoms with van der Waals surface area (Å²) in [6, 6.07) is 0.00754. The largest absolute Gasteiger partial charge is 0.474 e. The van der Waals surface area contributed by atoms with Crippen LogP contribution in [0.15, 0.2) is 12.3 Å². The van der Waals surface area contributed by atoms with Gasteiger partial charge in [-0.3, -0.25) is 9.59 Å². The van der Waals surface area contributed by atoms with Gasteiger partial charge in [0.1, 0.15) is 11.2 Å². The predicted molar refractivity (Wildman–Crippen MR) is 129 cm³/mol. The third-order valence-corrected chi connectivity index (χ3v) is 7.30. The highest BCUT2D eigenvalue weighted by molar-refractivity contribution is 5.96. The van der Waals surface area contributed by atoms with Crippen LogP contribution in [-0.2, 0) is 9.53 Å². The molecular weight excluding hydrogens is 450 g/mol. The van der Waals surface area contributed by atoms with Gasteiger partial charge in [0.15, 0.2) is 0 Å². The number of hydrogen-bond donors (Lipinski definition) is 3. The molecule has 35 heavy (non-hydrogen) atoms. The minimum absolute atomic E-state index is 0.00754. The molecule has 5 rings (SSSR count). The minimum atomic E-state index is -0.717. The van der Waals surface area contributed by atoms with E-state index in [2.05, 4.69) is 15.7 Å². The van der Waals surface area contributed by atoms with Crippen molar-refractivity contribution in [3.63, 3.8) is 0 Å². The van der Waals surface area contributed by atoms with Gasteiger partial charge in [0, 0.05) is 19.2 Å². The molecule has 10 nitrogen and oxygen atoms in total. The summed E-state index contributed by atoms with van der Waals surface area (Å²) in [7, 11) is 0. The summed E-state index contributed by atoms with van der Waals surface area (Å²) in [6.45, 7) is 8.98. The molecule has 4 bridgehead atoms. The van der Waals surface area contributed by atoms with E-state index in [4.69, 9.17) is 15.2 Å². The SMILES string of the molecule is CC(=O)NC(C)(C)/C=C/n1ncc(C(=O)N[C@H]2C3CC4CC2C[C@@](OC(N)=O)(C4)C3)c1OC(C)C. The molecule has 0 spiro atoms. The van der Waals surface area contributed by atoms with E-state index in [1.165, 1.54) is 17.8 Å². The summed E-state index contributed by atoms with van der Waals surface area (Å²) >= 11 is 0. The molecule has 10 heteroatoms. The maximum atomic E-state index is 13.4. The fraction of sp³-hybridized carbons (Fsp3) is 0.680. The average Bonchev–Trinajstić information content (AvgIpc) is 3.08. The molecule has 0 saturated heterocycles. The molecule has 3 amide bonds. The molecule has 1 aromatic heterocycles. The summed E-state index contributed by atoms with van der Waals surface area (Å²) < 4.78 is 13.1. The first-order chi connectivity index (χ1) is 16.4. The Morgan fingerprint density at radius 1 is 1.23 bits per heavy atom. The van der Waals surface area contributed by atoms with Gasteiger partial charge in [-0.25, -0.2) is 9.48 Å². The van der Waals surface area contributed by atoms with Crippen LogP contribution in [0.5, 0.6) is 5.88 Å². The Bertz CT molecular complexity index is 1010. The highest BCUT2D eigenvalue weighted by Gasteiger charge is 2.57. The fourth-order valence-electron chi connectivity index (χ4n) is 6.46. The van der Waals surface area contributed by atoms with Crippen molar-refractivity contribution in [1.82, 2.24) is 20.4 Å². The number of amides is 3. The fourth-order valence-corrected chi connectivity index (χ4v) is 6.46. The number of ether oxygens (including phenoxy) is 2. The number of carbonyl (C=O) groups excluding carboxylic acids is 3. The number of rotatable bonds is 8. The third-order valence-electron chi connectivity index (χ3n) is 7.30. The van der Waals surface area contributed by atoms with E-state index in [1.54, 1.807) is 12.3 Å². The lowest BCUT2D eigenvalue weighted by Crippen LogP contribution is -2.63. The highest BCUT2D eigenvalue weighted by Crippen LogP contribution is 2.57. The molecule has 2 atom stereocenters.